The predicted molar refractivity (Wildman–Crippen MR) is 79.1 cm³/mol. The van der Waals surface area contributed by atoms with Crippen molar-refractivity contribution in [2.45, 2.75) is 90.4 Å². The SMILES string of the molecule is CC(C)C1CCC(OC(C)(C)C2CC(C)(O)C2)CC1. The van der Waals surface area contributed by atoms with Gasteiger partial charge < -0.3 is 9.84 Å². The molecule has 0 spiro atoms. The first kappa shape index (κ1) is 15.3. The van der Waals surface area contributed by atoms with Crippen LogP contribution in [0.3, 0.4) is 0 Å². The zero-order chi connectivity index (χ0) is 14.3. The fourth-order valence-corrected chi connectivity index (χ4v) is 3.89. The maximum Gasteiger partial charge on any atom is 0.0660 e. The van der Waals surface area contributed by atoms with Gasteiger partial charge in [0.05, 0.1) is 17.3 Å². The van der Waals surface area contributed by atoms with Crippen LogP contribution in [0, 0.1) is 17.8 Å². The van der Waals surface area contributed by atoms with E-state index >= 15 is 0 Å². The van der Waals surface area contributed by atoms with Crippen molar-refractivity contribution in [1.29, 1.82) is 0 Å². The first-order chi connectivity index (χ1) is 8.70. The molecule has 2 rings (SSSR count). The first-order valence-electron chi connectivity index (χ1n) is 8.10. The van der Waals surface area contributed by atoms with Gasteiger partial charge in [0.2, 0.25) is 0 Å². The van der Waals surface area contributed by atoms with E-state index in [1.54, 1.807) is 0 Å². The topological polar surface area (TPSA) is 29.5 Å². The summed E-state index contributed by atoms with van der Waals surface area (Å²) in [6.07, 6.45) is 7.30. The second-order valence-electron chi connectivity index (χ2n) is 8.10. The Kier molecular flexibility index (Phi) is 4.32. The Labute approximate surface area is 118 Å². The monoisotopic (exact) mass is 268 g/mol. The van der Waals surface area contributed by atoms with Gasteiger partial charge in [0.15, 0.2) is 0 Å². The Balaban J connectivity index is 1.79. The lowest BCUT2D eigenvalue weighted by atomic mass is 9.65. The molecule has 1 N–H and O–H groups in total. The summed E-state index contributed by atoms with van der Waals surface area (Å²) in [6, 6.07) is 0. The molecular weight excluding hydrogens is 236 g/mol. The van der Waals surface area contributed by atoms with Crippen LogP contribution < -0.4 is 0 Å². The highest BCUT2D eigenvalue weighted by Crippen LogP contribution is 2.46. The van der Waals surface area contributed by atoms with Crippen molar-refractivity contribution in [3.8, 4) is 0 Å². The molecule has 0 saturated heterocycles. The molecule has 0 radical (unpaired) electrons. The van der Waals surface area contributed by atoms with Gasteiger partial charge >= 0.3 is 0 Å². The normalized spacial score (nSPS) is 40.3. The van der Waals surface area contributed by atoms with Crippen molar-refractivity contribution in [1.82, 2.24) is 0 Å². The molecule has 2 saturated carbocycles. The zero-order valence-electron chi connectivity index (χ0n) is 13.4. The van der Waals surface area contributed by atoms with Crippen LogP contribution in [0.1, 0.15) is 73.1 Å². The molecule has 112 valence electrons. The molecule has 2 aliphatic carbocycles. The van der Waals surface area contributed by atoms with Gasteiger partial charge in [-0.2, -0.15) is 0 Å². The van der Waals surface area contributed by atoms with Crippen molar-refractivity contribution in [2.24, 2.45) is 17.8 Å². The fourth-order valence-electron chi connectivity index (χ4n) is 3.89. The average molecular weight is 268 g/mol. The molecule has 0 aromatic carbocycles. The molecule has 0 heterocycles. The molecule has 2 aliphatic rings. The second-order valence-corrected chi connectivity index (χ2v) is 8.10. The highest BCUT2D eigenvalue weighted by molar-refractivity contribution is 4.98. The van der Waals surface area contributed by atoms with Crippen LogP contribution in [0.2, 0.25) is 0 Å². The van der Waals surface area contributed by atoms with Crippen molar-refractivity contribution >= 4 is 0 Å². The summed E-state index contributed by atoms with van der Waals surface area (Å²) in [5, 5.41) is 9.89. The summed E-state index contributed by atoms with van der Waals surface area (Å²) >= 11 is 0. The molecule has 0 aromatic heterocycles. The van der Waals surface area contributed by atoms with Gasteiger partial charge in [-0.05, 0) is 77.0 Å². The number of ether oxygens (including phenoxy) is 1. The molecule has 2 fully saturated rings. The smallest absolute Gasteiger partial charge is 0.0660 e. The molecule has 0 aromatic rings. The average Bonchev–Trinajstić information content (AvgIpc) is 2.26. The van der Waals surface area contributed by atoms with E-state index in [0.717, 1.165) is 24.7 Å². The molecule has 0 bridgehead atoms. The number of hydrogen-bond acceptors (Lipinski definition) is 2. The molecule has 0 aliphatic heterocycles. The highest BCUT2D eigenvalue weighted by Gasteiger charge is 2.47. The molecule has 0 amide bonds. The molecule has 2 nitrogen and oxygen atoms in total. The standard InChI is InChI=1S/C17H32O2/c1-12(2)13-6-8-15(9-7-13)19-16(3,4)14-10-17(5,18)11-14/h12-15,18H,6-11H2,1-5H3. The minimum absolute atomic E-state index is 0.0719. The van der Waals surface area contributed by atoms with Gasteiger partial charge in [0.25, 0.3) is 0 Å². The van der Waals surface area contributed by atoms with Crippen LogP contribution in [-0.2, 0) is 4.74 Å². The van der Waals surface area contributed by atoms with Crippen molar-refractivity contribution in [3.05, 3.63) is 0 Å². The Morgan fingerprint density at radius 2 is 1.63 bits per heavy atom. The largest absolute Gasteiger partial charge is 0.390 e. The van der Waals surface area contributed by atoms with Gasteiger partial charge in [0, 0.05) is 0 Å². The Morgan fingerprint density at radius 1 is 1.11 bits per heavy atom. The fraction of sp³-hybridized carbons (Fsp3) is 1.00. The van der Waals surface area contributed by atoms with Crippen LogP contribution in [0.4, 0.5) is 0 Å². The van der Waals surface area contributed by atoms with E-state index in [1.807, 2.05) is 6.92 Å². The molecule has 0 atom stereocenters. The molecule has 0 unspecified atom stereocenters. The lowest BCUT2D eigenvalue weighted by molar-refractivity contribution is -0.181. The number of hydrogen-bond donors (Lipinski definition) is 1. The van der Waals surface area contributed by atoms with E-state index in [-0.39, 0.29) is 5.60 Å². The second kappa shape index (κ2) is 5.37. The third-order valence-corrected chi connectivity index (χ3v) is 5.49. The quantitative estimate of drug-likeness (QED) is 0.829. The number of rotatable bonds is 4. The van der Waals surface area contributed by atoms with Gasteiger partial charge in [-0.3, -0.25) is 0 Å². The van der Waals surface area contributed by atoms with Crippen molar-refractivity contribution in [2.75, 3.05) is 0 Å². The first-order valence-corrected chi connectivity index (χ1v) is 8.10. The van der Waals surface area contributed by atoms with E-state index in [4.69, 9.17) is 4.74 Å². The van der Waals surface area contributed by atoms with E-state index in [0.29, 0.717) is 12.0 Å². The van der Waals surface area contributed by atoms with Crippen molar-refractivity contribution in [3.63, 3.8) is 0 Å². The third-order valence-electron chi connectivity index (χ3n) is 5.49. The lowest BCUT2D eigenvalue weighted by Crippen LogP contribution is -2.52. The third kappa shape index (κ3) is 3.72. The molecule has 2 heteroatoms. The Bertz CT molecular complexity index is 290. The van der Waals surface area contributed by atoms with Crippen LogP contribution in [0.5, 0.6) is 0 Å². The predicted octanol–water partition coefficient (Wildman–Crippen LogP) is 4.16. The van der Waals surface area contributed by atoms with E-state index in [2.05, 4.69) is 27.7 Å². The van der Waals surface area contributed by atoms with Gasteiger partial charge in [0.1, 0.15) is 0 Å². The lowest BCUT2D eigenvalue weighted by Gasteiger charge is -2.50. The summed E-state index contributed by atoms with van der Waals surface area (Å²) < 4.78 is 6.39. The molecule has 19 heavy (non-hydrogen) atoms. The van der Waals surface area contributed by atoms with E-state index in [1.165, 1.54) is 25.7 Å². The summed E-state index contributed by atoms with van der Waals surface area (Å²) in [5.41, 5.74) is -0.516. The van der Waals surface area contributed by atoms with Crippen LogP contribution in [-0.4, -0.2) is 22.4 Å². The highest BCUT2D eigenvalue weighted by atomic mass is 16.5. The van der Waals surface area contributed by atoms with Crippen LogP contribution >= 0.6 is 0 Å². The summed E-state index contributed by atoms with van der Waals surface area (Å²) in [4.78, 5) is 0. The van der Waals surface area contributed by atoms with Gasteiger partial charge in [-0.25, -0.2) is 0 Å². The Morgan fingerprint density at radius 3 is 2.05 bits per heavy atom. The van der Waals surface area contributed by atoms with Crippen molar-refractivity contribution < 1.29 is 9.84 Å². The maximum atomic E-state index is 9.89. The van der Waals surface area contributed by atoms with E-state index < -0.39 is 5.60 Å². The maximum absolute atomic E-state index is 9.89. The van der Waals surface area contributed by atoms with Gasteiger partial charge in [-0.1, -0.05) is 13.8 Å². The zero-order valence-corrected chi connectivity index (χ0v) is 13.4. The number of aliphatic hydroxyl groups is 1. The van der Waals surface area contributed by atoms with Crippen LogP contribution in [0.25, 0.3) is 0 Å². The van der Waals surface area contributed by atoms with Gasteiger partial charge in [-0.15, -0.1) is 0 Å². The minimum Gasteiger partial charge on any atom is -0.390 e. The summed E-state index contributed by atoms with van der Waals surface area (Å²) in [7, 11) is 0. The summed E-state index contributed by atoms with van der Waals surface area (Å²) in [6.45, 7) is 11.0. The summed E-state index contributed by atoms with van der Waals surface area (Å²) in [5.74, 6) is 2.23. The Hall–Kier alpha value is -0.0800. The minimum atomic E-state index is -0.444. The van der Waals surface area contributed by atoms with Crippen LogP contribution in [0.15, 0.2) is 0 Å². The molecular formula is C17H32O2. The van der Waals surface area contributed by atoms with E-state index in [9.17, 15) is 5.11 Å².